The van der Waals surface area contributed by atoms with Crippen molar-refractivity contribution in [2.75, 3.05) is 19.4 Å². The lowest BCUT2D eigenvalue weighted by Gasteiger charge is -2.18. The van der Waals surface area contributed by atoms with E-state index in [1.807, 2.05) is 42.5 Å². The Morgan fingerprint density at radius 1 is 1.21 bits per heavy atom. The first-order valence-corrected chi connectivity index (χ1v) is 10.0. The smallest absolute Gasteiger partial charge is 0.341 e. The molecule has 0 bridgehead atoms. The molecule has 2 aromatic heterocycles. The Labute approximate surface area is 172 Å². The lowest BCUT2D eigenvalue weighted by molar-refractivity contribution is 0.0526. The standard InChI is InChI=1S/C21H23N3O4S/c1-3-27-21(26)16-14(18(20(25)23-2)29-19(16)22)12-24-17(15-10-7-11-28-15)13-8-5-4-6-9-13/h4-11,17,24H,3,12,22H2,1-2H3,(H,23,25)/t17-/m0/s1. The van der Waals surface area contributed by atoms with Crippen LogP contribution in [0.2, 0.25) is 0 Å². The van der Waals surface area contributed by atoms with Crippen molar-refractivity contribution in [3.8, 4) is 0 Å². The van der Waals surface area contributed by atoms with Crippen molar-refractivity contribution in [1.29, 1.82) is 0 Å². The van der Waals surface area contributed by atoms with E-state index < -0.39 is 5.97 Å². The summed E-state index contributed by atoms with van der Waals surface area (Å²) in [5.74, 6) is -0.121. The Morgan fingerprint density at radius 2 is 1.97 bits per heavy atom. The Morgan fingerprint density at radius 3 is 2.59 bits per heavy atom. The van der Waals surface area contributed by atoms with E-state index in [0.29, 0.717) is 10.4 Å². The molecule has 1 atom stereocenters. The number of nitrogens with one attached hydrogen (secondary N) is 2. The van der Waals surface area contributed by atoms with E-state index >= 15 is 0 Å². The number of amides is 1. The number of thiophene rings is 1. The molecule has 1 aromatic carbocycles. The molecule has 1 amide bonds. The summed E-state index contributed by atoms with van der Waals surface area (Å²) in [5, 5.41) is 6.25. The Hall–Kier alpha value is -3.10. The molecule has 0 aliphatic rings. The second-order valence-corrected chi connectivity index (χ2v) is 7.24. The van der Waals surface area contributed by atoms with Gasteiger partial charge in [-0.3, -0.25) is 10.1 Å². The highest BCUT2D eigenvalue weighted by atomic mass is 32.1. The van der Waals surface area contributed by atoms with Gasteiger partial charge >= 0.3 is 5.97 Å². The number of nitrogens with two attached hydrogens (primary N) is 1. The van der Waals surface area contributed by atoms with Crippen molar-refractivity contribution >= 4 is 28.2 Å². The largest absolute Gasteiger partial charge is 0.467 e. The van der Waals surface area contributed by atoms with Gasteiger partial charge in [0.05, 0.1) is 29.4 Å². The number of benzene rings is 1. The minimum Gasteiger partial charge on any atom is -0.467 e. The topological polar surface area (TPSA) is 107 Å². The number of furan rings is 1. The summed E-state index contributed by atoms with van der Waals surface area (Å²) in [7, 11) is 1.54. The van der Waals surface area contributed by atoms with E-state index in [2.05, 4.69) is 10.6 Å². The Bertz CT molecular complexity index is 967. The number of hydrogen-bond donors (Lipinski definition) is 3. The van der Waals surface area contributed by atoms with Crippen LogP contribution in [0.15, 0.2) is 53.1 Å². The van der Waals surface area contributed by atoms with Crippen molar-refractivity contribution in [2.24, 2.45) is 0 Å². The van der Waals surface area contributed by atoms with Gasteiger partial charge in [-0.1, -0.05) is 30.3 Å². The fourth-order valence-corrected chi connectivity index (χ4v) is 4.09. The third-order valence-electron chi connectivity index (χ3n) is 4.39. The molecule has 7 nitrogen and oxygen atoms in total. The normalized spacial score (nSPS) is 11.8. The summed E-state index contributed by atoms with van der Waals surface area (Å²) < 4.78 is 10.8. The van der Waals surface area contributed by atoms with Gasteiger partial charge in [0, 0.05) is 19.2 Å². The summed E-state index contributed by atoms with van der Waals surface area (Å²) in [6.45, 7) is 2.17. The zero-order chi connectivity index (χ0) is 20.8. The molecule has 0 unspecified atom stereocenters. The molecule has 4 N–H and O–H groups in total. The maximum absolute atomic E-state index is 12.5. The summed E-state index contributed by atoms with van der Waals surface area (Å²) in [6, 6.07) is 13.2. The van der Waals surface area contributed by atoms with Gasteiger partial charge < -0.3 is 20.2 Å². The number of nitrogen functional groups attached to an aromatic ring is 1. The molecule has 0 aliphatic heterocycles. The molecule has 0 aliphatic carbocycles. The van der Waals surface area contributed by atoms with Crippen LogP contribution in [0.25, 0.3) is 0 Å². The van der Waals surface area contributed by atoms with E-state index in [1.165, 1.54) is 7.05 Å². The summed E-state index contributed by atoms with van der Waals surface area (Å²) in [5.41, 5.74) is 7.80. The molecule has 0 spiro atoms. The van der Waals surface area contributed by atoms with Gasteiger partial charge in [-0.05, 0) is 24.6 Å². The molecule has 2 heterocycles. The Kier molecular flexibility index (Phi) is 6.69. The third kappa shape index (κ3) is 4.49. The lowest BCUT2D eigenvalue weighted by Crippen LogP contribution is -2.25. The second-order valence-electron chi connectivity index (χ2n) is 6.19. The van der Waals surface area contributed by atoms with Crippen molar-refractivity contribution in [1.82, 2.24) is 10.6 Å². The highest BCUT2D eigenvalue weighted by molar-refractivity contribution is 7.18. The predicted molar refractivity (Wildman–Crippen MR) is 112 cm³/mol. The van der Waals surface area contributed by atoms with Gasteiger partial charge in [0.2, 0.25) is 0 Å². The molecule has 3 rings (SSSR count). The SMILES string of the molecule is CCOC(=O)c1c(N)sc(C(=O)NC)c1CN[C@@H](c1ccccc1)c1ccco1. The quantitative estimate of drug-likeness (QED) is 0.489. The predicted octanol–water partition coefficient (Wildman–Crippen LogP) is 3.34. The summed E-state index contributed by atoms with van der Waals surface area (Å²) >= 11 is 1.07. The monoisotopic (exact) mass is 413 g/mol. The number of esters is 1. The highest BCUT2D eigenvalue weighted by Gasteiger charge is 2.27. The average Bonchev–Trinajstić information content (AvgIpc) is 3.37. The molecule has 29 heavy (non-hydrogen) atoms. The molecule has 0 radical (unpaired) electrons. The first kappa shape index (κ1) is 20.6. The molecule has 8 heteroatoms. The molecule has 0 saturated heterocycles. The van der Waals surface area contributed by atoms with Gasteiger partial charge in [0.15, 0.2) is 0 Å². The minimum absolute atomic E-state index is 0.218. The van der Waals surface area contributed by atoms with Gasteiger partial charge in [-0.25, -0.2) is 4.79 Å². The molecule has 0 saturated carbocycles. The number of anilines is 1. The van der Waals surface area contributed by atoms with Crippen LogP contribution in [0.5, 0.6) is 0 Å². The molecule has 152 valence electrons. The van der Waals surface area contributed by atoms with Gasteiger partial charge in [0.25, 0.3) is 5.91 Å². The van der Waals surface area contributed by atoms with Gasteiger partial charge in [-0.2, -0.15) is 0 Å². The minimum atomic E-state index is -0.539. The average molecular weight is 413 g/mol. The van der Waals surface area contributed by atoms with Crippen LogP contribution in [0.4, 0.5) is 5.00 Å². The van der Waals surface area contributed by atoms with Crippen LogP contribution in [-0.4, -0.2) is 25.5 Å². The van der Waals surface area contributed by atoms with Crippen LogP contribution < -0.4 is 16.4 Å². The van der Waals surface area contributed by atoms with Crippen molar-refractivity contribution in [3.05, 3.63) is 76.1 Å². The lowest BCUT2D eigenvalue weighted by atomic mass is 10.0. The zero-order valence-corrected chi connectivity index (χ0v) is 17.0. The molecule has 0 fully saturated rings. The van der Waals surface area contributed by atoms with Crippen molar-refractivity contribution in [3.63, 3.8) is 0 Å². The van der Waals surface area contributed by atoms with E-state index in [4.69, 9.17) is 14.9 Å². The zero-order valence-electron chi connectivity index (χ0n) is 16.2. The van der Waals surface area contributed by atoms with Crippen molar-refractivity contribution < 1.29 is 18.7 Å². The number of rotatable bonds is 8. The number of carbonyl (C=O) groups is 2. The fourth-order valence-electron chi connectivity index (χ4n) is 3.07. The first-order valence-electron chi connectivity index (χ1n) is 9.18. The summed E-state index contributed by atoms with van der Waals surface area (Å²) in [4.78, 5) is 25.2. The second kappa shape index (κ2) is 9.40. The molecule has 3 aromatic rings. The number of hydrogen-bond acceptors (Lipinski definition) is 7. The first-order chi connectivity index (χ1) is 14.1. The van der Waals surface area contributed by atoms with E-state index in [0.717, 1.165) is 22.7 Å². The number of ether oxygens (including phenoxy) is 1. The van der Waals surface area contributed by atoms with Crippen LogP contribution in [-0.2, 0) is 11.3 Å². The maximum Gasteiger partial charge on any atom is 0.341 e. The van der Waals surface area contributed by atoms with Crippen LogP contribution >= 0.6 is 11.3 Å². The number of carbonyl (C=O) groups excluding carboxylic acids is 2. The van der Waals surface area contributed by atoms with E-state index in [-0.39, 0.29) is 35.7 Å². The van der Waals surface area contributed by atoms with E-state index in [1.54, 1.807) is 13.2 Å². The van der Waals surface area contributed by atoms with Gasteiger partial charge in [-0.15, -0.1) is 11.3 Å². The van der Waals surface area contributed by atoms with Crippen LogP contribution in [0, 0.1) is 0 Å². The third-order valence-corrected chi connectivity index (χ3v) is 5.45. The highest BCUT2D eigenvalue weighted by Crippen LogP contribution is 2.33. The maximum atomic E-state index is 12.5. The summed E-state index contributed by atoms with van der Waals surface area (Å²) in [6.07, 6.45) is 1.61. The van der Waals surface area contributed by atoms with E-state index in [9.17, 15) is 9.59 Å². The fraction of sp³-hybridized carbons (Fsp3) is 0.238. The van der Waals surface area contributed by atoms with Crippen LogP contribution in [0.3, 0.4) is 0 Å². The Balaban J connectivity index is 1.97. The molecular formula is C21H23N3O4S. The van der Waals surface area contributed by atoms with Gasteiger partial charge in [0.1, 0.15) is 10.8 Å². The van der Waals surface area contributed by atoms with Crippen LogP contribution in [0.1, 0.15) is 49.9 Å². The molecular weight excluding hydrogens is 390 g/mol. The van der Waals surface area contributed by atoms with Crippen molar-refractivity contribution in [2.45, 2.75) is 19.5 Å².